The van der Waals surface area contributed by atoms with E-state index in [9.17, 15) is 0 Å². The van der Waals surface area contributed by atoms with Gasteiger partial charge in [0, 0.05) is 12.5 Å². The molecule has 1 aliphatic rings. The first-order valence-electron chi connectivity index (χ1n) is 6.30. The van der Waals surface area contributed by atoms with Crippen molar-refractivity contribution in [2.45, 2.75) is 64.8 Å². The maximum Gasteiger partial charge on any atom is 0.0127 e. The van der Waals surface area contributed by atoms with E-state index in [1.807, 2.05) is 6.92 Å². The van der Waals surface area contributed by atoms with Gasteiger partial charge in [-0.05, 0) is 38.6 Å². The number of nitrogens with one attached hydrogen (secondary N) is 1. The van der Waals surface area contributed by atoms with Crippen LogP contribution in [0.15, 0.2) is 0 Å². The number of rotatable bonds is 4. The third-order valence-electron chi connectivity index (χ3n) is 3.92. The second-order valence-corrected chi connectivity index (χ2v) is 5.02. The Labute approximate surface area is 95.0 Å². The van der Waals surface area contributed by atoms with Crippen molar-refractivity contribution in [2.24, 2.45) is 5.41 Å². The third-order valence-corrected chi connectivity index (χ3v) is 3.92. The molecule has 1 N–H and O–H groups in total. The van der Waals surface area contributed by atoms with Crippen LogP contribution in [0.25, 0.3) is 0 Å². The lowest BCUT2D eigenvalue weighted by atomic mass is 9.69. The summed E-state index contributed by atoms with van der Waals surface area (Å²) in [5.41, 5.74) is 0.516. The molecule has 0 amide bonds. The van der Waals surface area contributed by atoms with E-state index in [0.717, 1.165) is 6.42 Å². The molecule has 0 aromatic carbocycles. The lowest BCUT2D eigenvalue weighted by molar-refractivity contribution is 0.144. The molecule has 1 saturated carbocycles. The fourth-order valence-electron chi connectivity index (χ4n) is 2.89. The molecule has 0 spiro atoms. The monoisotopic (exact) mass is 207 g/mol. The predicted octanol–water partition coefficient (Wildman–Crippen LogP) is 3.35. The second-order valence-electron chi connectivity index (χ2n) is 5.02. The quantitative estimate of drug-likeness (QED) is 0.697. The molecular weight excluding hydrogens is 182 g/mol. The highest BCUT2D eigenvalue weighted by atomic mass is 14.9. The summed E-state index contributed by atoms with van der Waals surface area (Å²) in [5.74, 6) is 6.16. The van der Waals surface area contributed by atoms with Gasteiger partial charge in [0.25, 0.3) is 0 Å². The lowest BCUT2D eigenvalue weighted by Gasteiger charge is -2.40. The molecule has 0 aromatic heterocycles. The maximum absolute atomic E-state index is 3.50. The Morgan fingerprint density at radius 1 is 1.27 bits per heavy atom. The van der Waals surface area contributed by atoms with E-state index in [2.05, 4.69) is 31.1 Å². The van der Waals surface area contributed by atoms with Crippen LogP contribution in [0.4, 0.5) is 0 Å². The van der Waals surface area contributed by atoms with E-state index in [4.69, 9.17) is 0 Å². The van der Waals surface area contributed by atoms with Crippen molar-refractivity contribution in [3.05, 3.63) is 0 Å². The van der Waals surface area contributed by atoms with Crippen LogP contribution >= 0.6 is 0 Å². The van der Waals surface area contributed by atoms with Crippen LogP contribution < -0.4 is 5.32 Å². The first-order chi connectivity index (χ1) is 7.23. The van der Waals surface area contributed by atoms with Crippen molar-refractivity contribution in [1.82, 2.24) is 5.32 Å². The van der Waals surface area contributed by atoms with Gasteiger partial charge in [0.15, 0.2) is 0 Å². The Hall–Kier alpha value is -0.480. The van der Waals surface area contributed by atoms with Crippen molar-refractivity contribution < 1.29 is 0 Å². The zero-order valence-corrected chi connectivity index (χ0v) is 10.5. The average molecular weight is 207 g/mol. The second kappa shape index (κ2) is 6.18. The van der Waals surface area contributed by atoms with Gasteiger partial charge in [-0.3, -0.25) is 0 Å². The summed E-state index contributed by atoms with van der Waals surface area (Å²) in [7, 11) is 2.10. The van der Waals surface area contributed by atoms with Crippen LogP contribution in [0.2, 0.25) is 0 Å². The molecule has 0 heterocycles. The Kier molecular flexibility index (Phi) is 5.19. The van der Waals surface area contributed by atoms with Gasteiger partial charge in [-0.1, -0.05) is 26.2 Å². The third kappa shape index (κ3) is 3.54. The molecule has 1 atom stereocenters. The fourth-order valence-corrected chi connectivity index (χ4v) is 2.89. The summed E-state index contributed by atoms with van der Waals surface area (Å²) in [6.45, 7) is 4.38. The molecule has 86 valence electrons. The van der Waals surface area contributed by atoms with E-state index in [0.29, 0.717) is 11.5 Å². The standard InChI is InChI=1S/C14H25N/c1-4-5-7-10-13(15-3)14(2)11-8-6-9-12-14/h13,15H,6-12H2,1-3H3. The van der Waals surface area contributed by atoms with E-state index >= 15 is 0 Å². The van der Waals surface area contributed by atoms with Gasteiger partial charge < -0.3 is 5.32 Å². The smallest absolute Gasteiger partial charge is 0.0127 e. The summed E-state index contributed by atoms with van der Waals surface area (Å²) in [5, 5.41) is 3.50. The number of hydrogen-bond donors (Lipinski definition) is 1. The molecule has 0 aromatic rings. The Morgan fingerprint density at radius 2 is 1.93 bits per heavy atom. The van der Waals surface area contributed by atoms with Gasteiger partial charge in [-0.15, -0.1) is 11.8 Å². The molecule has 0 bridgehead atoms. The molecule has 0 aliphatic heterocycles. The molecule has 1 fully saturated rings. The van der Waals surface area contributed by atoms with Crippen LogP contribution in [0.3, 0.4) is 0 Å². The van der Waals surface area contributed by atoms with Crippen LogP contribution in [0.5, 0.6) is 0 Å². The van der Waals surface area contributed by atoms with E-state index in [1.165, 1.54) is 38.5 Å². The highest BCUT2D eigenvalue weighted by Crippen LogP contribution is 2.39. The summed E-state index contributed by atoms with van der Waals surface area (Å²) in [6.07, 6.45) is 9.27. The topological polar surface area (TPSA) is 12.0 Å². The SMILES string of the molecule is CC#CCCC(NC)C1(C)CCCCC1. The molecule has 1 rings (SSSR count). The van der Waals surface area contributed by atoms with Gasteiger partial charge >= 0.3 is 0 Å². The van der Waals surface area contributed by atoms with E-state index in [1.54, 1.807) is 0 Å². The van der Waals surface area contributed by atoms with E-state index < -0.39 is 0 Å². The Morgan fingerprint density at radius 3 is 2.47 bits per heavy atom. The largest absolute Gasteiger partial charge is 0.316 e. The van der Waals surface area contributed by atoms with Crippen LogP contribution in [-0.2, 0) is 0 Å². The van der Waals surface area contributed by atoms with Gasteiger partial charge in [0.2, 0.25) is 0 Å². The van der Waals surface area contributed by atoms with Gasteiger partial charge in [0.05, 0.1) is 0 Å². The number of hydrogen-bond acceptors (Lipinski definition) is 1. The normalized spacial score (nSPS) is 21.5. The molecule has 0 radical (unpaired) electrons. The molecule has 1 nitrogen and oxygen atoms in total. The van der Waals surface area contributed by atoms with Crippen molar-refractivity contribution in [3.63, 3.8) is 0 Å². The molecular formula is C14H25N. The summed E-state index contributed by atoms with van der Waals surface area (Å²) in [4.78, 5) is 0. The molecule has 1 unspecified atom stereocenters. The zero-order chi connectivity index (χ0) is 11.1. The van der Waals surface area contributed by atoms with Crippen LogP contribution in [0.1, 0.15) is 58.8 Å². The first-order valence-corrected chi connectivity index (χ1v) is 6.30. The summed E-state index contributed by atoms with van der Waals surface area (Å²) < 4.78 is 0. The molecule has 1 heteroatoms. The molecule has 15 heavy (non-hydrogen) atoms. The summed E-state index contributed by atoms with van der Waals surface area (Å²) >= 11 is 0. The highest BCUT2D eigenvalue weighted by Gasteiger charge is 2.33. The summed E-state index contributed by atoms with van der Waals surface area (Å²) in [6, 6.07) is 0.652. The Balaban J connectivity index is 2.49. The van der Waals surface area contributed by atoms with E-state index in [-0.39, 0.29) is 0 Å². The molecule has 0 saturated heterocycles. The van der Waals surface area contributed by atoms with Gasteiger partial charge in [0.1, 0.15) is 0 Å². The minimum absolute atomic E-state index is 0.516. The lowest BCUT2D eigenvalue weighted by Crippen LogP contribution is -2.43. The predicted molar refractivity (Wildman–Crippen MR) is 66.7 cm³/mol. The highest BCUT2D eigenvalue weighted by molar-refractivity contribution is 4.98. The Bertz CT molecular complexity index is 227. The van der Waals surface area contributed by atoms with Crippen molar-refractivity contribution in [3.8, 4) is 11.8 Å². The van der Waals surface area contributed by atoms with Crippen LogP contribution in [0, 0.1) is 17.3 Å². The van der Waals surface area contributed by atoms with Crippen molar-refractivity contribution in [2.75, 3.05) is 7.05 Å². The fraction of sp³-hybridized carbons (Fsp3) is 0.857. The van der Waals surface area contributed by atoms with Gasteiger partial charge in [-0.2, -0.15) is 0 Å². The maximum atomic E-state index is 3.50. The van der Waals surface area contributed by atoms with Gasteiger partial charge in [-0.25, -0.2) is 0 Å². The first kappa shape index (κ1) is 12.6. The zero-order valence-electron chi connectivity index (χ0n) is 10.5. The molecule has 1 aliphatic carbocycles. The minimum atomic E-state index is 0.516. The average Bonchev–Trinajstić information content (AvgIpc) is 2.25. The van der Waals surface area contributed by atoms with Crippen molar-refractivity contribution >= 4 is 0 Å². The minimum Gasteiger partial charge on any atom is -0.316 e. The van der Waals surface area contributed by atoms with Crippen molar-refractivity contribution in [1.29, 1.82) is 0 Å². The van der Waals surface area contributed by atoms with Crippen LogP contribution in [-0.4, -0.2) is 13.1 Å².